The van der Waals surface area contributed by atoms with E-state index < -0.39 is 0 Å². The Morgan fingerprint density at radius 3 is 2.31 bits per heavy atom. The van der Waals surface area contributed by atoms with E-state index >= 15 is 0 Å². The second-order valence-electron chi connectivity index (χ2n) is 7.18. The summed E-state index contributed by atoms with van der Waals surface area (Å²) in [5.41, 5.74) is 2.15. The molecule has 5 nitrogen and oxygen atoms in total. The van der Waals surface area contributed by atoms with E-state index in [9.17, 15) is 9.59 Å². The van der Waals surface area contributed by atoms with Crippen LogP contribution < -0.4 is 15.4 Å². The first-order valence-corrected chi connectivity index (χ1v) is 10.9. The van der Waals surface area contributed by atoms with E-state index in [0.29, 0.717) is 23.5 Å². The van der Waals surface area contributed by atoms with Crippen molar-refractivity contribution < 1.29 is 14.3 Å². The maximum absolute atomic E-state index is 12.3. The van der Waals surface area contributed by atoms with E-state index in [1.54, 1.807) is 24.3 Å². The van der Waals surface area contributed by atoms with Crippen LogP contribution in [0.3, 0.4) is 0 Å². The van der Waals surface area contributed by atoms with Crippen LogP contribution in [0.5, 0.6) is 5.75 Å². The molecule has 2 amide bonds. The molecule has 4 rings (SSSR count). The molecule has 0 radical (unpaired) electrons. The molecule has 6 heteroatoms. The molecule has 0 bridgehead atoms. The zero-order chi connectivity index (χ0) is 22.3. The Balaban J connectivity index is 1.30. The number of hydrogen-bond donors (Lipinski definition) is 2. The SMILES string of the molecule is O=C(COc1ccc2ccccc2c1Br)Nc1ccc(C(=O)NCc2ccccc2)cc1. The zero-order valence-corrected chi connectivity index (χ0v) is 18.8. The highest BCUT2D eigenvalue weighted by Crippen LogP contribution is 2.33. The molecule has 0 aliphatic carbocycles. The van der Waals surface area contributed by atoms with Crippen LogP contribution in [0, 0.1) is 0 Å². The molecule has 0 atom stereocenters. The average molecular weight is 489 g/mol. The summed E-state index contributed by atoms with van der Waals surface area (Å²) in [7, 11) is 0. The van der Waals surface area contributed by atoms with Crippen LogP contribution in [-0.4, -0.2) is 18.4 Å². The molecule has 0 saturated heterocycles. The highest BCUT2D eigenvalue weighted by molar-refractivity contribution is 9.10. The number of nitrogens with one attached hydrogen (secondary N) is 2. The second kappa shape index (κ2) is 10.1. The average Bonchev–Trinajstić information content (AvgIpc) is 2.83. The molecule has 4 aromatic carbocycles. The van der Waals surface area contributed by atoms with Gasteiger partial charge in [-0.2, -0.15) is 0 Å². The lowest BCUT2D eigenvalue weighted by Gasteiger charge is -2.11. The number of fused-ring (bicyclic) bond motifs is 1. The third-order valence-electron chi connectivity index (χ3n) is 4.91. The zero-order valence-electron chi connectivity index (χ0n) is 17.2. The summed E-state index contributed by atoms with van der Waals surface area (Å²) >= 11 is 3.55. The summed E-state index contributed by atoms with van der Waals surface area (Å²) in [4.78, 5) is 24.6. The first-order chi connectivity index (χ1) is 15.6. The molecule has 32 heavy (non-hydrogen) atoms. The van der Waals surface area contributed by atoms with Gasteiger partial charge in [0.05, 0.1) is 4.47 Å². The van der Waals surface area contributed by atoms with Gasteiger partial charge in [0.1, 0.15) is 5.75 Å². The van der Waals surface area contributed by atoms with E-state index in [1.165, 1.54) is 0 Å². The van der Waals surface area contributed by atoms with Crippen molar-refractivity contribution in [2.45, 2.75) is 6.54 Å². The van der Waals surface area contributed by atoms with Crippen molar-refractivity contribution in [3.63, 3.8) is 0 Å². The molecule has 160 valence electrons. The summed E-state index contributed by atoms with van der Waals surface area (Å²) in [5.74, 6) is 0.145. The normalized spacial score (nSPS) is 10.5. The van der Waals surface area contributed by atoms with Gasteiger partial charge < -0.3 is 15.4 Å². The summed E-state index contributed by atoms with van der Waals surface area (Å²) in [6.07, 6.45) is 0. The predicted octanol–water partition coefficient (Wildman–Crippen LogP) is 5.55. The van der Waals surface area contributed by atoms with Crippen molar-refractivity contribution in [1.82, 2.24) is 5.32 Å². The number of benzene rings is 4. The molecular weight excluding hydrogens is 468 g/mol. The minimum absolute atomic E-state index is 0.129. The molecule has 4 aromatic rings. The van der Waals surface area contributed by atoms with Crippen molar-refractivity contribution in [3.8, 4) is 5.75 Å². The van der Waals surface area contributed by atoms with Gasteiger partial charge in [0.2, 0.25) is 0 Å². The number of ether oxygens (including phenoxy) is 1. The molecule has 2 N–H and O–H groups in total. The van der Waals surface area contributed by atoms with Crippen molar-refractivity contribution in [2.75, 3.05) is 11.9 Å². The quantitative estimate of drug-likeness (QED) is 0.358. The first kappa shape index (κ1) is 21.6. The van der Waals surface area contributed by atoms with Crippen LogP contribution in [0.1, 0.15) is 15.9 Å². The van der Waals surface area contributed by atoms with Gasteiger partial charge in [0.15, 0.2) is 6.61 Å². The Morgan fingerprint density at radius 1 is 0.812 bits per heavy atom. The van der Waals surface area contributed by atoms with Gasteiger partial charge in [0, 0.05) is 17.8 Å². The van der Waals surface area contributed by atoms with Gasteiger partial charge in [-0.1, -0.05) is 60.7 Å². The molecule has 0 aromatic heterocycles. The van der Waals surface area contributed by atoms with Gasteiger partial charge in [-0.05, 0) is 62.6 Å². The minimum Gasteiger partial charge on any atom is -0.483 e. The fraction of sp³-hybridized carbons (Fsp3) is 0.0769. The number of halogens is 1. The molecule has 0 unspecified atom stereocenters. The molecule has 0 aliphatic heterocycles. The Bertz CT molecular complexity index is 1240. The van der Waals surface area contributed by atoms with E-state index in [4.69, 9.17) is 4.74 Å². The number of hydrogen-bond acceptors (Lipinski definition) is 3. The summed E-state index contributed by atoms with van der Waals surface area (Å²) < 4.78 is 6.51. The predicted molar refractivity (Wildman–Crippen MR) is 130 cm³/mol. The third kappa shape index (κ3) is 5.34. The van der Waals surface area contributed by atoms with E-state index in [-0.39, 0.29) is 18.4 Å². The fourth-order valence-corrected chi connectivity index (χ4v) is 3.86. The number of rotatable bonds is 7. The minimum atomic E-state index is -0.286. The number of carbonyl (C=O) groups is 2. The standard InChI is InChI=1S/C26H21BrN2O3/c27-25-22-9-5-4-8-19(22)12-15-23(25)32-17-24(30)29-21-13-10-20(11-14-21)26(31)28-16-18-6-2-1-3-7-18/h1-15H,16-17H2,(H,28,31)(H,29,30). The highest BCUT2D eigenvalue weighted by atomic mass is 79.9. The number of anilines is 1. The largest absolute Gasteiger partial charge is 0.483 e. The van der Waals surface area contributed by atoms with Gasteiger partial charge >= 0.3 is 0 Å². The van der Waals surface area contributed by atoms with E-state index in [0.717, 1.165) is 20.8 Å². The molecule has 0 fully saturated rings. The van der Waals surface area contributed by atoms with Gasteiger partial charge in [-0.15, -0.1) is 0 Å². The Morgan fingerprint density at radius 2 is 1.53 bits per heavy atom. The Kier molecular flexibility index (Phi) is 6.82. The maximum Gasteiger partial charge on any atom is 0.262 e. The van der Waals surface area contributed by atoms with Crippen molar-refractivity contribution in [3.05, 3.63) is 107 Å². The smallest absolute Gasteiger partial charge is 0.262 e. The summed E-state index contributed by atoms with van der Waals surface area (Å²) in [5, 5.41) is 7.77. The van der Waals surface area contributed by atoms with Gasteiger partial charge in [-0.25, -0.2) is 0 Å². The van der Waals surface area contributed by atoms with Crippen LogP contribution in [-0.2, 0) is 11.3 Å². The van der Waals surface area contributed by atoms with E-state index in [2.05, 4.69) is 26.6 Å². The third-order valence-corrected chi connectivity index (χ3v) is 5.73. The van der Waals surface area contributed by atoms with Crippen LogP contribution in [0.15, 0.2) is 95.5 Å². The summed E-state index contributed by atoms with van der Waals surface area (Å²) in [6.45, 7) is 0.329. The van der Waals surface area contributed by atoms with Crippen molar-refractivity contribution >= 4 is 44.2 Å². The Labute approximate surface area is 194 Å². The van der Waals surface area contributed by atoms with Gasteiger partial charge in [-0.3, -0.25) is 9.59 Å². The molecule has 0 spiro atoms. The number of carbonyl (C=O) groups excluding carboxylic acids is 2. The summed E-state index contributed by atoms with van der Waals surface area (Å²) in [6, 6.07) is 28.2. The van der Waals surface area contributed by atoms with E-state index in [1.807, 2.05) is 66.7 Å². The molecule has 0 aliphatic rings. The second-order valence-corrected chi connectivity index (χ2v) is 7.97. The number of amides is 2. The first-order valence-electron chi connectivity index (χ1n) is 10.1. The van der Waals surface area contributed by atoms with Crippen LogP contribution in [0.4, 0.5) is 5.69 Å². The lowest BCUT2D eigenvalue weighted by molar-refractivity contribution is -0.118. The van der Waals surface area contributed by atoms with Crippen LogP contribution in [0.2, 0.25) is 0 Å². The van der Waals surface area contributed by atoms with Crippen molar-refractivity contribution in [2.24, 2.45) is 0 Å². The highest BCUT2D eigenvalue weighted by Gasteiger charge is 2.10. The van der Waals surface area contributed by atoms with Crippen LogP contribution >= 0.6 is 15.9 Å². The molecular formula is C26H21BrN2O3. The lowest BCUT2D eigenvalue weighted by Crippen LogP contribution is -2.23. The Hall–Kier alpha value is -3.64. The molecule has 0 heterocycles. The lowest BCUT2D eigenvalue weighted by atomic mass is 10.1. The van der Waals surface area contributed by atoms with Gasteiger partial charge in [0.25, 0.3) is 11.8 Å². The van der Waals surface area contributed by atoms with Crippen molar-refractivity contribution in [1.29, 1.82) is 0 Å². The topological polar surface area (TPSA) is 67.4 Å². The van der Waals surface area contributed by atoms with Crippen LogP contribution in [0.25, 0.3) is 10.8 Å². The monoisotopic (exact) mass is 488 g/mol. The molecule has 0 saturated carbocycles. The maximum atomic E-state index is 12.3. The fourth-order valence-electron chi connectivity index (χ4n) is 3.25.